The first-order valence-electron chi connectivity index (χ1n) is 5.76. The lowest BCUT2D eigenvalue weighted by Crippen LogP contribution is -2.35. The van der Waals surface area contributed by atoms with E-state index in [-0.39, 0.29) is 12.1 Å². The van der Waals surface area contributed by atoms with E-state index in [4.69, 9.17) is 0 Å². The Bertz CT molecular complexity index is 293. The van der Waals surface area contributed by atoms with Gasteiger partial charge in [0.15, 0.2) is 0 Å². The van der Waals surface area contributed by atoms with Crippen molar-refractivity contribution in [3.05, 3.63) is 35.9 Å². The molecule has 0 amide bonds. The van der Waals surface area contributed by atoms with E-state index in [1.54, 1.807) is 0 Å². The molecular formula is C13H19NO. The molecule has 1 aliphatic heterocycles. The van der Waals surface area contributed by atoms with E-state index in [9.17, 15) is 5.11 Å². The van der Waals surface area contributed by atoms with Crippen molar-refractivity contribution in [2.24, 2.45) is 0 Å². The summed E-state index contributed by atoms with van der Waals surface area (Å²) in [6, 6.07) is 10.2. The quantitative estimate of drug-likeness (QED) is 0.817. The topological polar surface area (TPSA) is 23.5 Å². The molecule has 0 radical (unpaired) electrons. The third kappa shape index (κ3) is 2.39. The first kappa shape index (κ1) is 10.7. The average Bonchev–Trinajstić information content (AvgIpc) is 2.82. The Kier molecular flexibility index (Phi) is 3.39. The number of aliphatic hydroxyl groups excluding tert-OH is 1. The van der Waals surface area contributed by atoms with Gasteiger partial charge in [0.05, 0.1) is 6.10 Å². The molecule has 2 nitrogen and oxygen atoms in total. The number of aliphatic hydroxyl groups is 1. The zero-order valence-electron chi connectivity index (χ0n) is 9.26. The van der Waals surface area contributed by atoms with Gasteiger partial charge >= 0.3 is 0 Å². The van der Waals surface area contributed by atoms with Crippen LogP contribution in [0.25, 0.3) is 0 Å². The second-order valence-electron chi connectivity index (χ2n) is 4.34. The fourth-order valence-electron chi connectivity index (χ4n) is 2.28. The smallest absolute Gasteiger partial charge is 0.0942 e. The molecule has 1 aromatic carbocycles. The van der Waals surface area contributed by atoms with Crippen LogP contribution in [0.5, 0.6) is 0 Å². The van der Waals surface area contributed by atoms with Crippen molar-refractivity contribution in [3.63, 3.8) is 0 Å². The maximum atomic E-state index is 10.2. The van der Waals surface area contributed by atoms with E-state index in [2.05, 4.69) is 11.8 Å². The SMILES string of the molecule is C[C@H](C(O)c1ccccc1)N1CCCC1. The molecule has 2 atom stereocenters. The molecule has 0 aliphatic carbocycles. The zero-order chi connectivity index (χ0) is 10.7. The molecule has 15 heavy (non-hydrogen) atoms. The predicted molar refractivity (Wildman–Crippen MR) is 61.7 cm³/mol. The normalized spacial score (nSPS) is 21.5. The van der Waals surface area contributed by atoms with Gasteiger partial charge in [0.2, 0.25) is 0 Å². The van der Waals surface area contributed by atoms with Gasteiger partial charge in [0.25, 0.3) is 0 Å². The molecule has 2 rings (SSSR count). The summed E-state index contributed by atoms with van der Waals surface area (Å²) in [7, 11) is 0. The van der Waals surface area contributed by atoms with Gasteiger partial charge in [0, 0.05) is 6.04 Å². The molecule has 2 heteroatoms. The van der Waals surface area contributed by atoms with E-state index < -0.39 is 0 Å². The Balaban J connectivity index is 2.03. The lowest BCUT2D eigenvalue weighted by atomic mass is 10.0. The Labute approximate surface area is 91.5 Å². The van der Waals surface area contributed by atoms with Crippen LogP contribution in [0, 0.1) is 0 Å². The highest BCUT2D eigenvalue weighted by atomic mass is 16.3. The highest BCUT2D eigenvalue weighted by Crippen LogP contribution is 2.23. The van der Waals surface area contributed by atoms with Gasteiger partial charge in [-0.1, -0.05) is 30.3 Å². The number of benzene rings is 1. The third-order valence-corrected chi connectivity index (χ3v) is 3.31. The second kappa shape index (κ2) is 4.77. The highest BCUT2D eigenvalue weighted by molar-refractivity contribution is 5.18. The first-order valence-corrected chi connectivity index (χ1v) is 5.76. The Hall–Kier alpha value is -0.860. The van der Waals surface area contributed by atoms with Crippen LogP contribution in [0.4, 0.5) is 0 Å². The summed E-state index contributed by atoms with van der Waals surface area (Å²) in [6.07, 6.45) is 2.18. The minimum absolute atomic E-state index is 0.231. The Morgan fingerprint density at radius 3 is 2.33 bits per heavy atom. The predicted octanol–water partition coefficient (Wildman–Crippen LogP) is 2.20. The zero-order valence-corrected chi connectivity index (χ0v) is 9.26. The molecule has 1 heterocycles. The summed E-state index contributed by atoms with van der Waals surface area (Å²) < 4.78 is 0. The first-order chi connectivity index (χ1) is 7.29. The van der Waals surface area contributed by atoms with Gasteiger partial charge in [-0.05, 0) is 38.4 Å². The van der Waals surface area contributed by atoms with Crippen LogP contribution in [-0.2, 0) is 0 Å². The van der Waals surface area contributed by atoms with Crippen molar-refractivity contribution < 1.29 is 5.11 Å². The van der Waals surface area contributed by atoms with Crippen molar-refractivity contribution in [1.82, 2.24) is 4.90 Å². The molecule has 82 valence electrons. The number of likely N-dealkylation sites (tertiary alicyclic amines) is 1. The van der Waals surface area contributed by atoms with Gasteiger partial charge < -0.3 is 5.11 Å². The largest absolute Gasteiger partial charge is 0.387 e. The molecule has 1 N–H and O–H groups in total. The minimum atomic E-state index is -0.357. The maximum absolute atomic E-state index is 10.2. The van der Waals surface area contributed by atoms with E-state index >= 15 is 0 Å². The van der Waals surface area contributed by atoms with Crippen LogP contribution >= 0.6 is 0 Å². The van der Waals surface area contributed by atoms with Crippen LogP contribution in [0.2, 0.25) is 0 Å². The van der Waals surface area contributed by atoms with Gasteiger partial charge in [-0.2, -0.15) is 0 Å². The molecule has 1 aliphatic rings. The molecule has 1 unspecified atom stereocenters. The monoisotopic (exact) mass is 205 g/mol. The molecule has 1 aromatic rings. The standard InChI is InChI=1S/C13H19NO/c1-11(14-9-5-6-10-14)13(15)12-7-3-2-4-8-12/h2-4,7-8,11,13,15H,5-6,9-10H2,1H3/t11-,13?/m1/s1. The fraction of sp³-hybridized carbons (Fsp3) is 0.538. The van der Waals surface area contributed by atoms with Crippen molar-refractivity contribution in [2.75, 3.05) is 13.1 Å². The van der Waals surface area contributed by atoms with Gasteiger partial charge in [0.1, 0.15) is 0 Å². The minimum Gasteiger partial charge on any atom is -0.387 e. The summed E-state index contributed by atoms with van der Waals surface area (Å²) in [5.74, 6) is 0. The summed E-state index contributed by atoms with van der Waals surface area (Å²) in [6.45, 7) is 4.37. The van der Waals surface area contributed by atoms with Crippen LogP contribution in [0.15, 0.2) is 30.3 Å². The van der Waals surface area contributed by atoms with Gasteiger partial charge in [-0.15, -0.1) is 0 Å². The van der Waals surface area contributed by atoms with Crippen LogP contribution in [0.3, 0.4) is 0 Å². The molecule has 1 fully saturated rings. The highest BCUT2D eigenvalue weighted by Gasteiger charge is 2.24. The summed E-state index contributed by atoms with van der Waals surface area (Å²) >= 11 is 0. The van der Waals surface area contributed by atoms with E-state index in [0.29, 0.717) is 0 Å². The van der Waals surface area contributed by atoms with Crippen LogP contribution < -0.4 is 0 Å². The van der Waals surface area contributed by atoms with Crippen molar-refractivity contribution in [2.45, 2.75) is 31.9 Å². The Morgan fingerprint density at radius 1 is 1.13 bits per heavy atom. The second-order valence-corrected chi connectivity index (χ2v) is 4.34. The van der Waals surface area contributed by atoms with Crippen molar-refractivity contribution >= 4 is 0 Å². The molecule has 0 bridgehead atoms. The lowest BCUT2D eigenvalue weighted by Gasteiger charge is -2.28. The molecule has 0 spiro atoms. The molecule has 0 saturated carbocycles. The molecular weight excluding hydrogens is 186 g/mol. The third-order valence-electron chi connectivity index (χ3n) is 3.31. The van der Waals surface area contributed by atoms with Gasteiger partial charge in [-0.3, -0.25) is 4.90 Å². The van der Waals surface area contributed by atoms with Gasteiger partial charge in [-0.25, -0.2) is 0 Å². The van der Waals surface area contributed by atoms with Crippen LogP contribution in [-0.4, -0.2) is 29.1 Å². The maximum Gasteiger partial charge on any atom is 0.0942 e. The van der Waals surface area contributed by atoms with E-state index in [1.165, 1.54) is 12.8 Å². The van der Waals surface area contributed by atoms with Crippen LogP contribution in [0.1, 0.15) is 31.4 Å². The van der Waals surface area contributed by atoms with E-state index in [1.807, 2.05) is 30.3 Å². The number of hydrogen-bond acceptors (Lipinski definition) is 2. The van der Waals surface area contributed by atoms with E-state index in [0.717, 1.165) is 18.7 Å². The molecule has 1 saturated heterocycles. The Morgan fingerprint density at radius 2 is 1.73 bits per heavy atom. The average molecular weight is 205 g/mol. The molecule has 0 aromatic heterocycles. The van der Waals surface area contributed by atoms with Crippen molar-refractivity contribution in [1.29, 1.82) is 0 Å². The summed E-state index contributed by atoms with van der Waals surface area (Å²) in [5, 5.41) is 10.2. The number of hydrogen-bond donors (Lipinski definition) is 1. The number of nitrogens with zero attached hydrogens (tertiary/aromatic N) is 1. The fourth-order valence-corrected chi connectivity index (χ4v) is 2.28. The number of rotatable bonds is 3. The summed E-state index contributed by atoms with van der Waals surface area (Å²) in [4.78, 5) is 2.37. The van der Waals surface area contributed by atoms with Crippen molar-refractivity contribution in [3.8, 4) is 0 Å². The lowest BCUT2D eigenvalue weighted by molar-refractivity contribution is 0.0716. The summed E-state index contributed by atoms with van der Waals surface area (Å²) in [5.41, 5.74) is 1.02.